The van der Waals surface area contributed by atoms with Gasteiger partial charge in [0.25, 0.3) is 0 Å². The Kier molecular flexibility index (Phi) is 5.92. The van der Waals surface area contributed by atoms with Crippen LogP contribution in [0.1, 0.15) is 25.7 Å². The summed E-state index contributed by atoms with van der Waals surface area (Å²) in [4.78, 5) is 43.9. The van der Waals surface area contributed by atoms with Crippen LogP contribution < -0.4 is 10.2 Å². The van der Waals surface area contributed by atoms with Gasteiger partial charge in [-0.3, -0.25) is 19.3 Å². The quantitative estimate of drug-likeness (QED) is 0.388. The van der Waals surface area contributed by atoms with Gasteiger partial charge >= 0.3 is 0 Å². The molecule has 9 heteroatoms. The van der Waals surface area contributed by atoms with E-state index in [1.165, 1.54) is 28.0 Å². The Hall–Kier alpha value is -2.42. The number of thioether (sulfide) groups is 1. The Morgan fingerprint density at radius 2 is 1.78 bits per heavy atom. The average molecular weight is 486 g/mol. The van der Waals surface area contributed by atoms with Crippen molar-refractivity contribution in [3.05, 3.63) is 47.5 Å². The van der Waals surface area contributed by atoms with Gasteiger partial charge in [0.2, 0.25) is 17.7 Å². The molecule has 1 saturated carbocycles. The fraction of sp³-hybridized carbons (Fsp3) is 0.304. The normalized spacial score (nSPS) is 20.6. The number of rotatable bonds is 5. The minimum absolute atomic E-state index is 0.0722. The van der Waals surface area contributed by atoms with Crippen LogP contribution in [0, 0.1) is 11.8 Å². The molecule has 2 fully saturated rings. The van der Waals surface area contributed by atoms with E-state index in [1.807, 2.05) is 12.1 Å². The number of thiazole rings is 1. The van der Waals surface area contributed by atoms with E-state index in [-0.39, 0.29) is 35.3 Å². The van der Waals surface area contributed by atoms with Crippen LogP contribution in [-0.4, -0.2) is 28.5 Å². The van der Waals surface area contributed by atoms with Gasteiger partial charge in [-0.2, -0.15) is 0 Å². The first-order chi connectivity index (χ1) is 15.5. The number of imide groups is 1. The number of benzene rings is 2. The van der Waals surface area contributed by atoms with Gasteiger partial charge in [0, 0.05) is 10.7 Å². The molecule has 32 heavy (non-hydrogen) atoms. The lowest BCUT2D eigenvalue weighted by Crippen LogP contribution is -2.30. The number of nitrogens with zero attached hydrogens (tertiary/aromatic N) is 2. The average Bonchev–Trinajstić information content (AvgIpc) is 3.32. The zero-order valence-corrected chi connectivity index (χ0v) is 19.4. The summed E-state index contributed by atoms with van der Waals surface area (Å²) in [6.45, 7) is 0. The number of carbonyl (C=O) groups excluding carboxylic acids is 3. The van der Waals surface area contributed by atoms with E-state index in [4.69, 9.17) is 11.6 Å². The van der Waals surface area contributed by atoms with Crippen molar-refractivity contribution in [3.8, 4) is 0 Å². The molecular formula is C23H20ClN3O3S2. The molecule has 2 atom stereocenters. The summed E-state index contributed by atoms with van der Waals surface area (Å²) in [6, 6.07) is 12.4. The lowest BCUT2D eigenvalue weighted by Gasteiger charge is -2.19. The Balaban J connectivity index is 1.28. The van der Waals surface area contributed by atoms with Crippen LogP contribution in [0.3, 0.4) is 0 Å². The number of hydrogen-bond acceptors (Lipinski definition) is 6. The molecule has 1 N–H and O–H groups in total. The molecule has 0 radical (unpaired) electrons. The van der Waals surface area contributed by atoms with Crippen LogP contribution >= 0.6 is 34.7 Å². The first kappa shape index (κ1) is 21.4. The third-order valence-electron chi connectivity index (χ3n) is 5.91. The third kappa shape index (κ3) is 4.14. The number of aromatic nitrogens is 1. The summed E-state index contributed by atoms with van der Waals surface area (Å²) in [5, 5.41) is 3.44. The van der Waals surface area contributed by atoms with E-state index in [1.54, 1.807) is 30.3 Å². The maximum absolute atomic E-state index is 12.9. The minimum Gasteiger partial charge on any atom is -0.325 e. The highest BCUT2D eigenvalue weighted by molar-refractivity contribution is 8.01. The smallest absolute Gasteiger partial charge is 0.237 e. The van der Waals surface area contributed by atoms with E-state index < -0.39 is 0 Å². The molecule has 1 saturated heterocycles. The Labute approximate surface area is 198 Å². The zero-order chi connectivity index (χ0) is 22.2. The fourth-order valence-corrected chi connectivity index (χ4v) is 6.39. The summed E-state index contributed by atoms with van der Waals surface area (Å²) in [5.74, 6) is -0.388. The number of anilines is 2. The van der Waals surface area contributed by atoms with Crippen molar-refractivity contribution in [1.29, 1.82) is 0 Å². The summed E-state index contributed by atoms with van der Waals surface area (Å²) in [7, 11) is 0. The number of hydrogen-bond donors (Lipinski definition) is 1. The first-order valence-corrected chi connectivity index (χ1v) is 12.6. The predicted octanol–water partition coefficient (Wildman–Crippen LogP) is 5.36. The second kappa shape index (κ2) is 8.84. The molecule has 2 heterocycles. The molecule has 1 aromatic heterocycles. The second-order valence-corrected chi connectivity index (χ2v) is 10.7. The van der Waals surface area contributed by atoms with E-state index >= 15 is 0 Å². The van der Waals surface area contributed by atoms with Gasteiger partial charge in [-0.25, -0.2) is 4.98 Å². The van der Waals surface area contributed by atoms with Gasteiger partial charge in [0.05, 0.1) is 33.5 Å². The van der Waals surface area contributed by atoms with Gasteiger partial charge in [-0.05, 0) is 55.3 Å². The number of fused-ring (bicyclic) bond motifs is 2. The highest BCUT2D eigenvalue weighted by atomic mass is 35.5. The number of nitrogens with one attached hydrogen (secondary N) is 1. The molecule has 6 nitrogen and oxygen atoms in total. The Morgan fingerprint density at radius 3 is 2.47 bits per heavy atom. The largest absolute Gasteiger partial charge is 0.325 e. The van der Waals surface area contributed by atoms with Gasteiger partial charge in [-0.15, -0.1) is 11.3 Å². The van der Waals surface area contributed by atoms with Gasteiger partial charge in [0.15, 0.2) is 4.34 Å². The van der Waals surface area contributed by atoms with Crippen molar-refractivity contribution >= 4 is 74.0 Å². The maximum Gasteiger partial charge on any atom is 0.237 e. The summed E-state index contributed by atoms with van der Waals surface area (Å²) < 4.78 is 1.65. The van der Waals surface area contributed by atoms with Crippen molar-refractivity contribution in [2.24, 2.45) is 11.8 Å². The zero-order valence-electron chi connectivity index (χ0n) is 17.0. The molecule has 3 aromatic rings. The molecular weight excluding hydrogens is 466 g/mol. The lowest BCUT2D eigenvalue weighted by atomic mass is 9.81. The second-order valence-electron chi connectivity index (χ2n) is 7.98. The van der Waals surface area contributed by atoms with Crippen LogP contribution in [-0.2, 0) is 14.4 Å². The molecule has 164 valence electrons. The molecule has 2 aliphatic rings. The topological polar surface area (TPSA) is 79.4 Å². The maximum atomic E-state index is 12.9. The van der Waals surface area contributed by atoms with Crippen LogP contribution in [0.2, 0.25) is 5.02 Å². The predicted molar refractivity (Wildman–Crippen MR) is 128 cm³/mol. The van der Waals surface area contributed by atoms with E-state index in [2.05, 4.69) is 10.3 Å². The molecule has 0 unspecified atom stereocenters. The molecule has 5 rings (SSSR count). The van der Waals surface area contributed by atoms with Crippen molar-refractivity contribution in [1.82, 2.24) is 4.98 Å². The van der Waals surface area contributed by atoms with E-state index in [0.29, 0.717) is 16.4 Å². The fourth-order valence-electron chi connectivity index (χ4n) is 4.37. The van der Waals surface area contributed by atoms with Crippen LogP contribution in [0.4, 0.5) is 11.4 Å². The third-order valence-corrected chi connectivity index (χ3v) is 8.32. The number of amides is 3. The Morgan fingerprint density at radius 1 is 1.09 bits per heavy atom. The number of carbonyl (C=O) groups is 3. The molecule has 0 spiro atoms. The van der Waals surface area contributed by atoms with E-state index in [0.717, 1.165) is 40.2 Å². The standard InChI is InChI=1S/C23H20ClN3O3S2/c24-13-5-7-14(8-6-13)25-20(28)12-31-23-26-18-10-9-15(11-19(18)32-23)27-21(29)16-3-1-2-4-17(16)22(27)30/h5-11,16-17H,1-4,12H2,(H,25,28)/t16-,17-/m1/s1. The van der Waals surface area contributed by atoms with Crippen molar-refractivity contribution in [3.63, 3.8) is 0 Å². The van der Waals surface area contributed by atoms with Crippen molar-refractivity contribution in [2.45, 2.75) is 30.0 Å². The molecule has 1 aliphatic heterocycles. The lowest BCUT2D eigenvalue weighted by molar-refractivity contribution is -0.122. The van der Waals surface area contributed by atoms with Gasteiger partial charge in [0.1, 0.15) is 0 Å². The van der Waals surface area contributed by atoms with Crippen molar-refractivity contribution < 1.29 is 14.4 Å². The molecule has 0 bridgehead atoms. The van der Waals surface area contributed by atoms with Gasteiger partial charge < -0.3 is 5.32 Å². The van der Waals surface area contributed by atoms with E-state index in [9.17, 15) is 14.4 Å². The monoisotopic (exact) mass is 485 g/mol. The van der Waals surface area contributed by atoms with Gasteiger partial charge in [-0.1, -0.05) is 36.2 Å². The molecule has 1 aliphatic carbocycles. The van der Waals surface area contributed by atoms with Crippen LogP contribution in [0.15, 0.2) is 46.8 Å². The molecule has 2 aromatic carbocycles. The van der Waals surface area contributed by atoms with Crippen LogP contribution in [0.5, 0.6) is 0 Å². The summed E-state index contributed by atoms with van der Waals surface area (Å²) in [6.07, 6.45) is 3.61. The summed E-state index contributed by atoms with van der Waals surface area (Å²) in [5.41, 5.74) is 2.09. The van der Waals surface area contributed by atoms with Crippen molar-refractivity contribution in [2.75, 3.05) is 16.0 Å². The van der Waals surface area contributed by atoms with Crippen LogP contribution in [0.25, 0.3) is 10.2 Å². The first-order valence-electron chi connectivity index (χ1n) is 10.5. The SMILES string of the molecule is O=C(CSc1nc2ccc(N3C(=O)[C@@H]4CCCC[C@H]4C3=O)cc2s1)Nc1ccc(Cl)cc1. The highest BCUT2D eigenvalue weighted by Crippen LogP contribution is 2.41. The molecule has 3 amide bonds. The number of halogens is 1. The highest BCUT2D eigenvalue weighted by Gasteiger charge is 2.48. The summed E-state index contributed by atoms with van der Waals surface area (Å²) >= 11 is 8.67. The minimum atomic E-state index is -0.168. The Bertz CT molecular complexity index is 1190.